The summed E-state index contributed by atoms with van der Waals surface area (Å²) in [6.45, 7) is 3.46. The Balaban J connectivity index is 2.01. The molecule has 138 valence electrons. The van der Waals surface area contributed by atoms with Crippen molar-refractivity contribution in [3.63, 3.8) is 0 Å². The topological polar surface area (TPSA) is 96.3 Å². The van der Waals surface area contributed by atoms with Crippen molar-refractivity contribution in [2.24, 2.45) is 0 Å². The zero-order chi connectivity index (χ0) is 19.6. The standard InChI is InChI=1S/C19H16N2O4S2/c1-3-25-19(22)17-12(2)16(11-20)18(26-17)21-27(23,24)15-9-8-13-6-4-5-7-14(13)10-15/h4-10,21H,3H2,1-2H3. The number of carbonyl (C=O) groups is 1. The number of rotatable bonds is 5. The molecule has 1 heterocycles. The molecule has 0 aliphatic heterocycles. The Bertz CT molecular complexity index is 1170. The average molecular weight is 400 g/mol. The average Bonchev–Trinajstić information content (AvgIpc) is 2.96. The van der Waals surface area contributed by atoms with Crippen molar-refractivity contribution in [1.82, 2.24) is 0 Å². The minimum absolute atomic E-state index is 0.0776. The Morgan fingerprint density at radius 2 is 1.93 bits per heavy atom. The third-order valence-corrected chi connectivity index (χ3v) is 6.64. The zero-order valence-corrected chi connectivity index (χ0v) is 16.3. The lowest BCUT2D eigenvalue weighted by molar-refractivity contribution is 0.0531. The van der Waals surface area contributed by atoms with Crippen LogP contribution in [0, 0.1) is 18.3 Å². The summed E-state index contributed by atoms with van der Waals surface area (Å²) in [6.07, 6.45) is 0. The molecule has 2 aromatic carbocycles. The van der Waals surface area contributed by atoms with Crippen molar-refractivity contribution < 1.29 is 17.9 Å². The smallest absolute Gasteiger partial charge is 0.348 e. The fourth-order valence-electron chi connectivity index (χ4n) is 2.63. The molecule has 6 nitrogen and oxygen atoms in total. The molecule has 1 aromatic heterocycles. The largest absolute Gasteiger partial charge is 0.462 e. The van der Waals surface area contributed by atoms with E-state index in [1.165, 1.54) is 6.07 Å². The van der Waals surface area contributed by atoms with E-state index < -0.39 is 16.0 Å². The maximum atomic E-state index is 12.8. The molecular formula is C19H16N2O4S2. The van der Waals surface area contributed by atoms with Gasteiger partial charge in [0.25, 0.3) is 10.0 Å². The fraction of sp³-hybridized carbons (Fsp3) is 0.158. The first kappa shape index (κ1) is 18.9. The van der Waals surface area contributed by atoms with E-state index in [-0.39, 0.29) is 26.9 Å². The second-order valence-corrected chi connectivity index (χ2v) is 8.41. The van der Waals surface area contributed by atoms with E-state index in [2.05, 4.69) is 4.72 Å². The van der Waals surface area contributed by atoms with Gasteiger partial charge in [0.1, 0.15) is 15.9 Å². The number of thiophene rings is 1. The van der Waals surface area contributed by atoms with Crippen LogP contribution in [0.1, 0.15) is 27.7 Å². The van der Waals surface area contributed by atoms with E-state index in [4.69, 9.17) is 4.74 Å². The van der Waals surface area contributed by atoms with Gasteiger partial charge in [-0.1, -0.05) is 30.3 Å². The number of carbonyl (C=O) groups excluding carboxylic acids is 1. The summed E-state index contributed by atoms with van der Waals surface area (Å²) in [5.41, 5.74) is 0.518. The van der Waals surface area contributed by atoms with Crippen molar-refractivity contribution in [3.05, 3.63) is 58.5 Å². The first-order valence-corrected chi connectivity index (χ1v) is 10.4. The maximum Gasteiger partial charge on any atom is 0.348 e. The summed E-state index contributed by atoms with van der Waals surface area (Å²) in [6, 6.07) is 14.2. The molecule has 3 rings (SSSR count). The highest BCUT2D eigenvalue weighted by Gasteiger charge is 2.24. The maximum absolute atomic E-state index is 12.8. The Morgan fingerprint density at radius 1 is 1.22 bits per heavy atom. The lowest BCUT2D eigenvalue weighted by Gasteiger charge is -2.08. The molecular weight excluding hydrogens is 384 g/mol. The second-order valence-electron chi connectivity index (χ2n) is 5.71. The fourth-order valence-corrected chi connectivity index (χ4v) is 5.02. The number of sulfonamides is 1. The van der Waals surface area contributed by atoms with Crippen molar-refractivity contribution in [2.45, 2.75) is 18.7 Å². The first-order valence-electron chi connectivity index (χ1n) is 8.09. The summed E-state index contributed by atoms with van der Waals surface area (Å²) in [4.78, 5) is 12.3. The molecule has 0 saturated carbocycles. The van der Waals surface area contributed by atoms with Gasteiger partial charge in [-0.05, 0) is 42.3 Å². The summed E-state index contributed by atoms with van der Waals surface area (Å²) in [5, 5.41) is 11.2. The lowest BCUT2D eigenvalue weighted by Crippen LogP contribution is -2.12. The Kier molecular flexibility index (Phi) is 5.17. The van der Waals surface area contributed by atoms with Gasteiger partial charge in [-0.3, -0.25) is 4.72 Å². The van der Waals surface area contributed by atoms with Crippen LogP contribution in [0.15, 0.2) is 47.4 Å². The number of esters is 1. The van der Waals surface area contributed by atoms with Crippen LogP contribution >= 0.6 is 11.3 Å². The molecule has 8 heteroatoms. The summed E-state index contributed by atoms with van der Waals surface area (Å²) < 4.78 is 33.0. The van der Waals surface area contributed by atoms with Gasteiger partial charge >= 0.3 is 5.97 Å². The van der Waals surface area contributed by atoms with E-state index in [1.54, 1.807) is 26.0 Å². The van der Waals surface area contributed by atoms with Crippen molar-refractivity contribution >= 4 is 43.1 Å². The number of anilines is 1. The number of benzene rings is 2. The Morgan fingerprint density at radius 3 is 2.59 bits per heavy atom. The Hall–Kier alpha value is -2.89. The first-order chi connectivity index (χ1) is 12.9. The van der Waals surface area contributed by atoms with E-state index in [9.17, 15) is 18.5 Å². The minimum Gasteiger partial charge on any atom is -0.462 e. The van der Waals surface area contributed by atoms with Gasteiger partial charge in [-0.25, -0.2) is 13.2 Å². The highest BCUT2D eigenvalue weighted by atomic mass is 32.2. The van der Waals surface area contributed by atoms with Gasteiger partial charge in [0, 0.05) is 0 Å². The van der Waals surface area contributed by atoms with Crippen LogP contribution in [0.4, 0.5) is 5.00 Å². The van der Waals surface area contributed by atoms with Gasteiger partial charge in [-0.15, -0.1) is 11.3 Å². The van der Waals surface area contributed by atoms with Crippen molar-refractivity contribution in [1.29, 1.82) is 5.26 Å². The molecule has 0 unspecified atom stereocenters. The number of hydrogen-bond donors (Lipinski definition) is 1. The number of nitrogens with zero attached hydrogens (tertiary/aromatic N) is 1. The molecule has 0 radical (unpaired) electrons. The molecule has 0 saturated heterocycles. The highest BCUT2D eigenvalue weighted by Crippen LogP contribution is 2.34. The van der Waals surface area contributed by atoms with Crippen LogP contribution in [0.5, 0.6) is 0 Å². The van der Waals surface area contributed by atoms with E-state index in [0.717, 1.165) is 22.1 Å². The van der Waals surface area contributed by atoms with Crippen LogP contribution in [0.3, 0.4) is 0 Å². The van der Waals surface area contributed by atoms with E-state index in [0.29, 0.717) is 5.56 Å². The molecule has 27 heavy (non-hydrogen) atoms. The van der Waals surface area contributed by atoms with Crippen LogP contribution in [0.2, 0.25) is 0 Å². The van der Waals surface area contributed by atoms with Crippen molar-refractivity contribution in [2.75, 3.05) is 11.3 Å². The quantitative estimate of drug-likeness (QED) is 0.652. The van der Waals surface area contributed by atoms with Gasteiger partial charge < -0.3 is 4.74 Å². The molecule has 0 aliphatic carbocycles. The SMILES string of the molecule is CCOC(=O)c1sc(NS(=O)(=O)c2ccc3ccccc3c2)c(C#N)c1C. The van der Waals surface area contributed by atoms with Gasteiger partial charge in [0.05, 0.1) is 17.1 Å². The van der Waals surface area contributed by atoms with Crippen molar-refractivity contribution in [3.8, 4) is 6.07 Å². The van der Waals surface area contributed by atoms with Gasteiger partial charge in [0.2, 0.25) is 0 Å². The van der Waals surface area contributed by atoms with E-state index in [1.807, 2.05) is 30.3 Å². The molecule has 3 aromatic rings. The molecule has 0 bridgehead atoms. The third kappa shape index (κ3) is 3.65. The normalized spacial score (nSPS) is 11.1. The molecule has 0 aliphatic rings. The monoisotopic (exact) mass is 400 g/mol. The number of ether oxygens (including phenoxy) is 1. The number of nitrogens with one attached hydrogen (secondary N) is 1. The predicted octanol–water partition coefficient (Wildman–Crippen LogP) is 4.06. The summed E-state index contributed by atoms with van der Waals surface area (Å²) in [7, 11) is -3.92. The highest BCUT2D eigenvalue weighted by molar-refractivity contribution is 7.93. The molecule has 0 atom stereocenters. The van der Waals surface area contributed by atoms with E-state index >= 15 is 0 Å². The lowest BCUT2D eigenvalue weighted by atomic mass is 10.1. The summed E-state index contributed by atoms with van der Waals surface area (Å²) in [5.74, 6) is -0.576. The van der Waals surface area contributed by atoms with Crippen LogP contribution in [-0.4, -0.2) is 21.0 Å². The number of fused-ring (bicyclic) bond motifs is 1. The minimum atomic E-state index is -3.92. The predicted molar refractivity (Wildman–Crippen MR) is 104 cm³/mol. The molecule has 1 N–H and O–H groups in total. The zero-order valence-electron chi connectivity index (χ0n) is 14.6. The summed E-state index contributed by atoms with van der Waals surface area (Å²) >= 11 is 0.897. The molecule has 0 spiro atoms. The molecule has 0 fully saturated rings. The molecule has 0 amide bonds. The van der Waals surface area contributed by atoms with Crippen LogP contribution in [-0.2, 0) is 14.8 Å². The number of nitriles is 1. The third-order valence-electron chi connectivity index (χ3n) is 3.98. The van der Waals surface area contributed by atoms with Gasteiger partial charge in [-0.2, -0.15) is 5.26 Å². The van der Waals surface area contributed by atoms with Crippen LogP contribution in [0.25, 0.3) is 10.8 Å². The van der Waals surface area contributed by atoms with Crippen LogP contribution < -0.4 is 4.72 Å². The second kappa shape index (κ2) is 7.39. The Labute approximate surface area is 161 Å². The van der Waals surface area contributed by atoms with Gasteiger partial charge in [0.15, 0.2) is 0 Å². The number of hydrogen-bond acceptors (Lipinski definition) is 6.